The summed E-state index contributed by atoms with van der Waals surface area (Å²) in [7, 11) is 0. The quantitative estimate of drug-likeness (QED) is 0.731. The molecule has 0 aliphatic carbocycles. The van der Waals surface area contributed by atoms with E-state index in [1.807, 2.05) is 37.3 Å². The van der Waals surface area contributed by atoms with E-state index in [0.29, 0.717) is 31.3 Å². The van der Waals surface area contributed by atoms with Crippen molar-refractivity contribution in [2.75, 3.05) is 6.61 Å². The van der Waals surface area contributed by atoms with Crippen LogP contribution in [0.4, 0.5) is 4.79 Å². The molecule has 0 radical (unpaired) electrons. The van der Waals surface area contributed by atoms with E-state index in [-0.39, 0.29) is 0 Å². The van der Waals surface area contributed by atoms with Crippen LogP contribution in [-0.2, 0) is 13.1 Å². The van der Waals surface area contributed by atoms with Crippen molar-refractivity contribution < 1.29 is 18.7 Å². The smallest absolute Gasteiger partial charge is 0.417 e. The number of hydrogen-bond donors (Lipinski definition) is 0. The minimum atomic E-state index is -0.424. The molecule has 122 valence electrons. The lowest BCUT2D eigenvalue weighted by Crippen LogP contribution is -2.36. The van der Waals surface area contributed by atoms with Crippen LogP contribution in [-0.4, -0.2) is 22.6 Å². The number of furan rings is 1. The number of rotatable bonds is 4. The molecule has 0 saturated carbocycles. The van der Waals surface area contributed by atoms with Gasteiger partial charge in [0, 0.05) is 17.0 Å². The number of carbonyl (C=O) groups is 1. The molecule has 6 nitrogen and oxygen atoms in total. The average Bonchev–Trinajstić information content (AvgIpc) is 3.07. The fraction of sp³-hybridized carbons (Fsp3) is 0.222. The molecule has 0 unspecified atom stereocenters. The molecule has 1 aliphatic heterocycles. The van der Waals surface area contributed by atoms with Crippen molar-refractivity contribution >= 4 is 17.0 Å². The minimum Gasteiger partial charge on any atom is -0.494 e. The van der Waals surface area contributed by atoms with Gasteiger partial charge in [0.15, 0.2) is 0 Å². The number of ether oxygens (including phenoxy) is 2. The number of pyridine rings is 1. The summed E-state index contributed by atoms with van der Waals surface area (Å²) < 4.78 is 16.2. The van der Waals surface area contributed by atoms with Crippen LogP contribution >= 0.6 is 0 Å². The molecule has 0 saturated heterocycles. The molecule has 1 aliphatic rings. The van der Waals surface area contributed by atoms with Crippen LogP contribution in [0.3, 0.4) is 0 Å². The SMILES string of the molecule is CCOc1ccc2cc3c(nc2c1)OC(=O)N(Cc1ccco1)C3. The third-order valence-corrected chi connectivity index (χ3v) is 3.87. The third kappa shape index (κ3) is 2.67. The highest BCUT2D eigenvalue weighted by atomic mass is 16.6. The third-order valence-electron chi connectivity index (χ3n) is 3.87. The van der Waals surface area contributed by atoms with Crippen LogP contribution in [0.5, 0.6) is 11.6 Å². The first-order valence-corrected chi connectivity index (χ1v) is 7.78. The van der Waals surface area contributed by atoms with Crippen LogP contribution in [0.2, 0.25) is 0 Å². The molecule has 0 fully saturated rings. The monoisotopic (exact) mass is 324 g/mol. The Bertz CT molecular complexity index is 889. The van der Waals surface area contributed by atoms with E-state index in [0.717, 1.165) is 22.2 Å². The van der Waals surface area contributed by atoms with Gasteiger partial charge >= 0.3 is 6.09 Å². The predicted octanol–water partition coefficient (Wildman–Crippen LogP) is 3.74. The number of nitrogens with zero attached hydrogens (tertiary/aromatic N) is 2. The van der Waals surface area contributed by atoms with Crippen LogP contribution in [0.1, 0.15) is 18.2 Å². The Labute approximate surface area is 138 Å². The van der Waals surface area contributed by atoms with Crippen molar-refractivity contribution in [3.8, 4) is 11.6 Å². The first kappa shape index (κ1) is 14.6. The van der Waals surface area contributed by atoms with Crippen molar-refractivity contribution in [1.29, 1.82) is 0 Å². The summed E-state index contributed by atoms with van der Waals surface area (Å²) >= 11 is 0. The molecule has 0 bridgehead atoms. The molecule has 24 heavy (non-hydrogen) atoms. The summed E-state index contributed by atoms with van der Waals surface area (Å²) in [5.41, 5.74) is 1.62. The van der Waals surface area contributed by atoms with E-state index in [1.54, 1.807) is 17.2 Å². The molecule has 4 rings (SSSR count). The lowest BCUT2D eigenvalue weighted by atomic mass is 10.1. The maximum absolute atomic E-state index is 12.2. The number of carbonyl (C=O) groups excluding carboxylic acids is 1. The molecule has 1 aromatic carbocycles. The summed E-state index contributed by atoms with van der Waals surface area (Å²) in [5, 5.41) is 0.980. The van der Waals surface area contributed by atoms with E-state index in [9.17, 15) is 4.79 Å². The van der Waals surface area contributed by atoms with E-state index in [4.69, 9.17) is 13.9 Å². The largest absolute Gasteiger partial charge is 0.494 e. The zero-order valence-corrected chi connectivity index (χ0v) is 13.2. The maximum Gasteiger partial charge on any atom is 0.417 e. The van der Waals surface area contributed by atoms with Crippen molar-refractivity contribution in [2.45, 2.75) is 20.0 Å². The number of amides is 1. The van der Waals surface area contributed by atoms with Crippen LogP contribution in [0.15, 0.2) is 47.1 Å². The number of hydrogen-bond acceptors (Lipinski definition) is 5. The van der Waals surface area contributed by atoms with Crippen molar-refractivity contribution in [3.05, 3.63) is 54.0 Å². The first-order chi connectivity index (χ1) is 11.7. The Morgan fingerprint density at radius 3 is 3.00 bits per heavy atom. The number of aromatic nitrogens is 1. The Kier molecular flexibility index (Phi) is 3.57. The van der Waals surface area contributed by atoms with Gasteiger partial charge in [0.05, 0.1) is 31.5 Å². The summed E-state index contributed by atoms with van der Waals surface area (Å²) in [5.74, 6) is 1.82. The zero-order valence-electron chi connectivity index (χ0n) is 13.2. The van der Waals surface area contributed by atoms with Crippen molar-refractivity contribution in [2.24, 2.45) is 0 Å². The highest BCUT2D eigenvalue weighted by Crippen LogP contribution is 2.30. The summed E-state index contributed by atoms with van der Waals surface area (Å²) in [6.07, 6.45) is 1.16. The predicted molar refractivity (Wildman–Crippen MR) is 86.9 cm³/mol. The Balaban J connectivity index is 1.65. The second-order valence-electron chi connectivity index (χ2n) is 5.54. The van der Waals surface area contributed by atoms with Gasteiger partial charge < -0.3 is 13.9 Å². The maximum atomic E-state index is 12.2. The van der Waals surface area contributed by atoms with E-state index in [2.05, 4.69) is 4.98 Å². The molecular weight excluding hydrogens is 308 g/mol. The van der Waals surface area contributed by atoms with Crippen LogP contribution in [0, 0.1) is 0 Å². The number of fused-ring (bicyclic) bond motifs is 2. The Morgan fingerprint density at radius 1 is 1.29 bits per heavy atom. The fourth-order valence-corrected chi connectivity index (χ4v) is 2.76. The Morgan fingerprint density at radius 2 is 2.21 bits per heavy atom. The molecule has 6 heteroatoms. The molecule has 0 atom stereocenters. The molecule has 0 N–H and O–H groups in total. The summed E-state index contributed by atoms with van der Waals surface area (Å²) in [6, 6.07) is 11.3. The zero-order chi connectivity index (χ0) is 16.5. The van der Waals surface area contributed by atoms with Gasteiger partial charge in [-0.25, -0.2) is 9.78 Å². The normalized spacial score (nSPS) is 13.7. The van der Waals surface area contributed by atoms with Gasteiger partial charge in [-0.2, -0.15) is 0 Å². The molecule has 3 aromatic rings. The number of benzene rings is 1. The van der Waals surface area contributed by atoms with Gasteiger partial charge in [-0.1, -0.05) is 0 Å². The molecule has 2 aromatic heterocycles. The van der Waals surface area contributed by atoms with Crippen molar-refractivity contribution in [1.82, 2.24) is 9.88 Å². The van der Waals surface area contributed by atoms with Gasteiger partial charge in [-0.15, -0.1) is 0 Å². The second kappa shape index (κ2) is 5.88. The van der Waals surface area contributed by atoms with Gasteiger partial charge in [-0.05, 0) is 37.3 Å². The minimum absolute atomic E-state index is 0.358. The highest BCUT2D eigenvalue weighted by molar-refractivity contribution is 5.83. The van der Waals surface area contributed by atoms with Gasteiger partial charge in [0.1, 0.15) is 11.5 Å². The molecule has 1 amide bonds. The highest BCUT2D eigenvalue weighted by Gasteiger charge is 2.27. The first-order valence-electron chi connectivity index (χ1n) is 7.78. The van der Waals surface area contributed by atoms with Crippen molar-refractivity contribution in [3.63, 3.8) is 0 Å². The van der Waals surface area contributed by atoms with Gasteiger partial charge in [0.2, 0.25) is 5.88 Å². The fourth-order valence-electron chi connectivity index (χ4n) is 2.76. The Hall–Kier alpha value is -3.02. The molecule has 3 heterocycles. The molecule has 0 spiro atoms. The van der Waals surface area contributed by atoms with Crippen LogP contribution < -0.4 is 9.47 Å². The topological polar surface area (TPSA) is 64.8 Å². The lowest BCUT2D eigenvalue weighted by Gasteiger charge is -2.26. The summed E-state index contributed by atoms with van der Waals surface area (Å²) in [6.45, 7) is 3.32. The van der Waals surface area contributed by atoms with Gasteiger partial charge in [-0.3, -0.25) is 4.90 Å². The lowest BCUT2D eigenvalue weighted by molar-refractivity contribution is 0.129. The second-order valence-corrected chi connectivity index (χ2v) is 5.54. The molecular formula is C18H16N2O4. The van der Waals surface area contributed by atoms with Gasteiger partial charge in [0.25, 0.3) is 0 Å². The summed E-state index contributed by atoms with van der Waals surface area (Å²) in [4.78, 5) is 18.2. The standard InChI is InChI=1S/C18H16N2O4/c1-2-22-14-6-5-12-8-13-10-20(11-15-4-3-7-23-15)18(21)24-17(13)19-16(12)9-14/h3-9H,2,10-11H2,1H3. The van der Waals surface area contributed by atoms with E-state index >= 15 is 0 Å². The van der Waals surface area contributed by atoms with E-state index < -0.39 is 6.09 Å². The van der Waals surface area contributed by atoms with E-state index in [1.165, 1.54) is 0 Å². The van der Waals surface area contributed by atoms with Crippen LogP contribution in [0.25, 0.3) is 10.9 Å². The average molecular weight is 324 g/mol.